The first kappa shape index (κ1) is 58.7. The van der Waals surface area contributed by atoms with Crippen LogP contribution in [0, 0.1) is 0 Å². The average Bonchev–Trinajstić information content (AvgIpc) is 0.696. The molecule has 454 valence electrons. The van der Waals surface area contributed by atoms with Gasteiger partial charge in [0.25, 0.3) is 6.71 Å². The van der Waals surface area contributed by atoms with Crippen LogP contribution in [0.3, 0.4) is 0 Å². The second-order valence-corrected chi connectivity index (χ2v) is 27.6. The molecule has 0 bridgehead atoms. The summed E-state index contributed by atoms with van der Waals surface area (Å²) in [6.45, 7) is 13.6. The van der Waals surface area contributed by atoms with Crippen molar-refractivity contribution in [1.29, 1.82) is 0 Å². The maximum absolute atomic E-state index is 6.01. The highest BCUT2D eigenvalue weighted by Crippen LogP contribution is 2.49. The Morgan fingerprint density at radius 3 is 0.821 bits per heavy atom. The largest absolute Gasteiger partial charge is 0.311 e. The van der Waals surface area contributed by atoms with Crippen LogP contribution in [0.1, 0.15) is 52.7 Å². The van der Waals surface area contributed by atoms with Crippen LogP contribution < -0.4 is 26.2 Å². The molecule has 2 aliphatic rings. The van der Waals surface area contributed by atoms with Crippen LogP contribution in [0.2, 0.25) is 0 Å². The lowest BCUT2D eigenvalue weighted by molar-refractivity contribution is 0.590. The van der Waals surface area contributed by atoms with E-state index in [0.29, 0.717) is 0 Å². The number of anilines is 6. The van der Waals surface area contributed by atoms with E-state index >= 15 is 0 Å². The predicted molar refractivity (Wildman–Crippen MR) is 405 cm³/mol. The number of nitrogens with zero attached hydrogens (tertiary/aromatic N) is 3. The van der Waals surface area contributed by atoms with Crippen LogP contribution in [0.15, 0.2) is 328 Å². The summed E-state index contributed by atoms with van der Waals surface area (Å²) in [5, 5.41) is 0. The SMILES string of the molecule is CC(C)(C)c1ccc(N2c3ccc(-c4ccccc4)cc3B3c4cc(-c5ccccc5)ccc4N(c4ccc(C(C)(C)C)cc4)c4cc(-c5cc(-c6cc(-c7ccccc7)cc(-c7ccccc7)c6)cc(-c6cc(-c7ccccc7)cc(-c7ccccc7)c6)n5)cc2c43)cc1. The van der Waals surface area contributed by atoms with Crippen LogP contribution in [-0.4, -0.2) is 11.7 Å². The molecule has 3 nitrogen and oxygen atoms in total. The zero-order valence-corrected chi connectivity index (χ0v) is 54.6. The highest BCUT2D eigenvalue weighted by atomic mass is 15.2. The van der Waals surface area contributed by atoms with Crippen molar-refractivity contribution in [3.05, 3.63) is 339 Å². The highest BCUT2D eigenvalue weighted by molar-refractivity contribution is 7.00. The minimum absolute atomic E-state index is 0.0460. The third-order valence-corrected chi connectivity index (χ3v) is 19.3. The smallest absolute Gasteiger partial charge is 0.252 e. The van der Waals surface area contributed by atoms with E-state index in [2.05, 4.69) is 379 Å². The maximum atomic E-state index is 6.01. The molecule has 0 saturated heterocycles. The third-order valence-electron chi connectivity index (χ3n) is 19.3. The van der Waals surface area contributed by atoms with Crippen molar-refractivity contribution in [2.45, 2.75) is 52.4 Å². The fourth-order valence-electron chi connectivity index (χ4n) is 14.3. The van der Waals surface area contributed by atoms with Crippen molar-refractivity contribution in [1.82, 2.24) is 4.98 Å². The first-order valence-electron chi connectivity index (χ1n) is 33.3. The van der Waals surface area contributed by atoms with Crippen LogP contribution in [0.5, 0.6) is 0 Å². The van der Waals surface area contributed by atoms with Gasteiger partial charge in [-0.25, -0.2) is 4.98 Å². The highest BCUT2D eigenvalue weighted by Gasteiger charge is 2.44. The van der Waals surface area contributed by atoms with Gasteiger partial charge < -0.3 is 9.80 Å². The maximum Gasteiger partial charge on any atom is 0.252 e. The summed E-state index contributed by atoms with van der Waals surface area (Å²) in [7, 11) is 0. The zero-order chi connectivity index (χ0) is 64.4. The van der Waals surface area contributed by atoms with Crippen molar-refractivity contribution in [2.75, 3.05) is 9.80 Å². The van der Waals surface area contributed by atoms with Gasteiger partial charge in [0, 0.05) is 45.3 Å². The minimum Gasteiger partial charge on any atom is -0.311 e. The topological polar surface area (TPSA) is 19.4 Å². The number of aromatic nitrogens is 1. The first-order valence-corrected chi connectivity index (χ1v) is 33.3. The quantitative estimate of drug-likeness (QED) is 0.120. The molecule has 13 aromatic carbocycles. The monoisotopic (exact) mass is 1220 g/mol. The van der Waals surface area contributed by atoms with E-state index in [9.17, 15) is 0 Å². The normalized spacial score (nSPS) is 12.5. The van der Waals surface area contributed by atoms with Gasteiger partial charge in [0.05, 0.1) is 11.4 Å². The Morgan fingerprint density at radius 1 is 0.232 bits per heavy atom. The molecule has 0 N–H and O–H groups in total. The Labute approximate surface area is 560 Å². The summed E-state index contributed by atoms with van der Waals surface area (Å²) in [6.07, 6.45) is 0. The first-order chi connectivity index (χ1) is 46.3. The summed E-state index contributed by atoms with van der Waals surface area (Å²) in [5.41, 5.74) is 32.8. The Balaban J connectivity index is 1.01. The number of rotatable bonds is 11. The van der Waals surface area contributed by atoms with E-state index in [-0.39, 0.29) is 17.5 Å². The molecular weight excluding hydrogens is 1150 g/mol. The Morgan fingerprint density at radius 2 is 0.505 bits per heavy atom. The number of hydrogen-bond donors (Lipinski definition) is 0. The Kier molecular flexibility index (Phi) is 14.8. The van der Waals surface area contributed by atoms with Crippen molar-refractivity contribution in [2.24, 2.45) is 0 Å². The van der Waals surface area contributed by atoms with Gasteiger partial charge in [-0.1, -0.05) is 272 Å². The van der Waals surface area contributed by atoms with Gasteiger partial charge in [-0.05, 0) is 213 Å². The summed E-state index contributed by atoms with van der Waals surface area (Å²) in [4.78, 5) is 11.1. The number of fused-ring (bicyclic) bond motifs is 4. The lowest BCUT2D eigenvalue weighted by Gasteiger charge is -2.45. The molecule has 95 heavy (non-hydrogen) atoms. The van der Waals surface area contributed by atoms with Gasteiger partial charge in [-0.3, -0.25) is 0 Å². The molecule has 16 rings (SSSR count). The summed E-state index contributed by atoms with van der Waals surface area (Å²) < 4.78 is 0. The van der Waals surface area contributed by atoms with Crippen molar-refractivity contribution in [3.63, 3.8) is 0 Å². The lowest BCUT2D eigenvalue weighted by atomic mass is 9.33. The summed E-state index contributed by atoms with van der Waals surface area (Å²) in [5.74, 6) is 0. The molecule has 0 fully saturated rings. The minimum atomic E-state index is -0.161. The van der Waals surface area contributed by atoms with Crippen LogP contribution in [-0.2, 0) is 10.8 Å². The van der Waals surface area contributed by atoms with E-state index < -0.39 is 0 Å². The van der Waals surface area contributed by atoms with E-state index in [1.807, 2.05) is 0 Å². The van der Waals surface area contributed by atoms with E-state index in [0.717, 1.165) is 112 Å². The zero-order valence-electron chi connectivity index (χ0n) is 54.6. The molecule has 14 aromatic rings. The Bertz CT molecular complexity index is 4720. The average molecular weight is 1220 g/mol. The molecule has 3 heterocycles. The second kappa shape index (κ2) is 24.0. The number of pyridine rings is 1. The van der Waals surface area contributed by atoms with Crippen LogP contribution >= 0.6 is 0 Å². The summed E-state index contributed by atoms with van der Waals surface area (Å²) in [6, 6.07) is 122. The van der Waals surface area contributed by atoms with Gasteiger partial charge in [-0.15, -0.1) is 0 Å². The fraction of sp³-hybridized carbons (Fsp3) is 0.0879. The van der Waals surface area contributed by atoms with Crippen LogP contribution in [0.25, 0.3) is 100 Å². The van der Waals surface area contributed by atoms with E-state index in [4.69, 9.17) is 4.98 Å². The van der Waals surface area contributed by atoms with Crippen molar-refractivity contribution >= 4 is 57.2 Å². The third kappa shape index (κ3) is 11.3. The van der Waals surface area contributed by atoms with Crippen molar-refractivity contribution in [3.8, 4) is 100 Å². The molecule has 1 aromatic heterocycles. The molecule has 0 spiro atoms. The van der Waals surface area contributed by atoms with Gasteiger partial charge in [0.15, 0.2) is 0 Å². The molecule has 0 amide bonds. The second-order valence-electron chi connectivity index (χ2n) is 27.6. The van der Waals surface area contributed by atoms with Crippen molar-refractivity contribution < 1.29 is 0 Å². The van der Waals surface area contributed by atoms with Gasteiger partial charge in [0.1, 0.15) is 0 Å². The van der Waals surface area contributed by atoms with E-state index in [1.165, 1.54) is 49.8 Å². The molecule has 0 radical (unpaired) electrons. The fourth-order valence-corrected chi connectivity index (χ4v) is 14.3. The number of hydrogen-bond acceptors (Lipinski definition) is 3. The molecule has 0 atom stereocenters. The van der Waals surface area contributed by atoms with E-state index in [1.54, 1.807) is 0 Å². The predicted octanol–water partition coefficient (Wildman–Crippen LogP) is 22.8. The Hall–Kier alpha value is -11.3. The van der Waals surface area contributed by atoms with Crippen LogP contribution in [0.4, 0.5) is 34.1 Å². The van der Waals surface area contributed by atoms with Gasteiger partial charge >= 0.3 is 0 Å². The van der Waals surface area contributed by atoms with Gasteiger partial charge in [-0.2, -0.15) is 0 Å². The molecule has 4 heteroatoms. The standard InChI is InChI=1S/C91H72BN3/c1-90(2,3)77-39-43-79(44-40-77)94-85-47-37-67(61-25-13-7-14-26-61)55-81(85)92-82-56-68(62-27-15-8-16-28-62)38-48-86(82)95(80-45-41-78(42-46-80)91(4,5)6)88-60-76(59-87(94)89(88)92)84-58-74(73-51-69(63-29-17-9-18-30-63)49-70(52-73)64-31-19-10-20-32-64)57-83(93-84)75-53-71(65-33-21-11-22-34-65)50-72(54-75)66-35-23-12-24-36-66/h7-60H,1-6H3. The summed E-state index contributed by atoms with van der Waals surface area (Å²) >= 11 is 0. The number of benzene rings is 13. The molecule has 2 aliphatic heterocycles. The molecular formula is C91H72BN3. The molecule has 0 aliphatic carbocycles. The lowest BCUT2D eigenvalue weighted by Crippen LogP contribution is -2.61. The molecule has 0 saturated carbocycles. The molecule has 0 unspecified atom stereocenters. The van der Waals surface area contributed by atoms with Gasteiger partial charge in [0.2, 0.25) is 0 Å².